The Balaban J connectivity index is 3.10. The Bertz CT molecular complexity index is 405. The summed E-state index contributed by atoms with van der Waals surface area (Å²) < 4.78 is 0.206. The SMILES string of the molecule is NC(N)=NC(=O)c1ncc[nH]c1=S. The zero-order valence-corrected chi connectivity index (χ0v) is 7.34. The van der Waals surface area contributed by atoms with Gasteiger partial charge in [0.1, 0.15) is 4.64 Å². The van der Waals surface area contributed by atoms with E-state index in [4.69, 9.17) is 23.7 Å². The summed E-state index contributed by atoms with van der Waals surface area (Å²) in [7, 11) is 0. The number of aromatic amines is 1. The van der Waals surface area contributed by atoms with E-state index in [1.54, 1.807) is 0 Å². The van der Waals surface area contributed by atoms with Crippen LogP contribution >= 0.6 is 12.2 Å². The third-order valence-corrected chi connectivity index (χ3v) is 1.45. The molecule has 0 aliphatic rings. The molecule has 0 aliphatic heterocycles. The lowest BCUT2D eigenvalue weighted by Crippen LogP contribution is -2.24. The Hall–Kier alpha value is -1.76. The molecule has 1 aromatic rings. The van der Waals surface area contributed by atoms with E-state index in [0.29, 0.717) is 0 Å². The number of aromatic nitrogens is 2. The predicted molar refractivity (Wildman–Crippen MR) is 49.6 cm³/mol. The van der Waals surface area contributed by atoms with Crippen molar-refractivity contribution >= 4 is 24.1 Å². The zero-order valence-electron chi connectivity index (χ0n) is 6.52. The van der Waals surface area contributed by atoms with Crippen molar-refractivity contribution in [2.45, 2.75) is 0 Å². The van der Waals surface area contributed by atoms with Crippen LogP contribution in [0.2, 0.25) is 0 Å². The monoisotopic (exact) mass is 197 g/mol. The molecule has 0 radical (unpaired) electrons. The summed E-state index contributed by atoms with van der Waals surface area (Å²) in [6.45, 7) is 0. The van der Waals surface area contributed by atoms with Gasteiger partial charge in [0.25, 0.3) is 0 Å². The fourth-order valence-corrected chi connectivity index (χ4v) is 0.882. The van der Waals surface area contributed by atoms with Gasteiger partial charge in [-0.2, -0.15) is 4.99 Å². The molecule has 0 aromatic carbocycles. The normalized spacial score (nSPS) is 9.23. The molecule has 1 aromatic heterocycles. The smallest absolute Gasteiger partial charge is 0.301 e. The number of H-pyrrole nitrogens is 1. The Labute approximate surface area is 78.7 Å². The highest BCUT2D eigenvalue weighted by Crippen LogP contribution is 1.96. The van der Waals surface area contributed by atoms with Crippen LogP contribution in [0.5, 0.6) is 0 Å². The fraction of sp³-hybridized carbons (Fsp3) is 0. The number of nitrogens with two attached hydrogens (primary N) is 2. The second kappa shape index (κ2) is 3.76. The first-order valence-corrected chi connectivity index (χ1v) is 3.69. The Morgan fingerprint density at radius 1 is 1.62 bits per heavy atom. The number of nitrogens with zero attached hydrogens (tertiary/aromatic N) is 2. The zero-order chi connectivity index (χ0) is 9.84. The van der Waals surface area contributed by atoms with E-state index in [-0.39, 0.29) is 16.3 Å². The van der Waals surface area contributed by atoms with Crippen LogP contribution in [0, 0.1) is 4.64 Å². The third kappa shape index (κ3) is 2.34. The summed E-state index contributed by atoms with van der Waals surface area (Å²) in [6, 6.07) is 0. The lowest BCUT2D eigenvalue weighted by Gasteiger charge is -1.93. The molecule has 1 rings (SSSR count). The summed E-state index contributed by atoms with van der Waals surface area (Å²) in [4.78, 5) is 20.8. The van der Waals surface area contributed by atoms with E-state index in [9.17, 15) is 4.79 Å². The van der Waals surface area contributed by atoms with Crippen molar-refractivity contribution in [2.24, 2.45) is 16.5 Å². The average molecular weight is 197 g/mol. The maximum Gasteiger partial charge on any atom is 0.301 e. The first-order valence-electron chi connectivity index (χ1n) is 3.29. The van der Waals surface area contributed by atoms with Crippen molar-refractivity contribution in [3.8, 4) is 0 Å². The van der Waals surface area contributed by atoms with Gasteiger partial charge in [0.2, 0.25) is 0 Å². The van der Waals surface area contributed by atoms with Crippen LogP contribution in [0.15, 0.2) is 17.4 Å². The van der Waals surface area contributed by atoms with E-state index in [2.05, 4.69) is 15.0 Å². The summed E-state index contributed by atoms with van der Waals surface area (Å²) in [5.74, 6) is -0.966. The van der Waals surface area contributed by atoms with Crippen LogP contribution in [0.4, 0.5) is 0 Å². The Kier molecular flexibility index (Phi) is 2.70. The van der Waals surface area contributed by atoms with Gasteiger partial charge in [-0.05, 0) is 0 Å². The minimum atomic E-state index is -0.651. The first-order chi connectivity index (χ1) is 6.11. The summed E-state index contributed by atoms with van der Waals surface area (Å²) in [5.41, 5.74) is 10.1. The van der Waals surface area contributed by atoms with Gasteiger partial charge >= 0.3 is 5.91 Å². The fourth-order valence-electron chi connectivity index (χ4n) is 0.674. The number of carbonyl (C=O) groups is 1. The first kappa shape index (κ1) is 9.33. The predicted octanol–water partition coefficient (Wildman–Crippen LogP) is -0.447. The molecule has 0 saturated carbocycles. The number of guanidine groups is 1. The maximum absolute atomic E-state index is 11.2. The summed E-state index contributed by atoms with van der Waals surface area (Å²) >= 11 is 4.79. The van der Waals surface area contributed by atoms with Crippen molar-refractivity contribution in [1.29, 1.82) is 0 Å². The highest BCUT2D eigenvalue weighted by Gasteiger charge is 2.07. The van der Waals surface area contributed by atoms with Gasteiger partial charge in [-0.1, -0.05) is 12.2 Å². The standard InChI is InChI=1S/C6H7N5OS/c7-6(8)11-4(12)3-5(13)10-2-1-9-3/h1-2H,(H,10,13)(H4,7,8,11,12). The second-order valence-electron chi connectivity index (χ2n) is 2.11. The van der Waals surface area contributed by atoms with Crippen LogP contribution in [-0.4, -0.2) is 21.8 Å². The molecule has 68 valence electrons. The van der Waals surface area contributed by atoms with Gasteiger partial charge in [0, 0.05) is 12.4 Å². The molecule has 1 amide bonds. The molecule has 5 N–H and O–H groups in total. The molecule has 0 bridgehead atoms. The van der Waals surface area contributed by atoms with E-state index in [1.165, 1.54) is 12.4 Å². The quantitative estimate of drug-likeness (QED) is 0.321. The van der Waals surface area contributed by atoms with Gasteiger partial charge in [-0.25, -0.2) is 4.98 Å². The van der Waals surface area contributed by atoms with Crippen LogP contribution in [-0.2, 0) is 0 Å². The number of hydrogen-bond acceptors (Lipinski definition) is 3. The van der Waals surface area contributed by atoms with E-state index in [1.807, 2.05) is 0 Å². The molecular weight excluding hydrogens is 190 g/mol. The van der Waals surface area contributed by atoms with E-state index < -0.39 is 5.91 Å². The number of rotatable bonds is 1. The van der Waals surface area contributed by atoms with Crippen LogP contribution in [0.1, 0.15) is 10.5 Å². The van der Waals surface area contributed by atoms with Crippen molar-refractivity contribution < 1.29 is 4.79 Å². The molecule has 0 atom stereocenters. The molecule has 7 heteroatoms. The Morgan fingerprint density at radius 3 is 2.85 bits per heavy atom. The molecule has 0 saturated heterocycles. The minimum absolute atomic E-state index is 0.0332. The van der Waals surface area contributed by atoms with Gasteiger partial charge in [-0.15, -0.1) is 0 Å². The number of aliphatic imine (C=N–C) groups is 1. The molecule has 0 spiro atoms. The van der Waals surface area contributed by atoms with Gasteiger partial charge in [0.15, 0.2) is 11.7 Å². The van der Waals surface area contributed by atoms with E-state index >= 15 is 0 Å². The highest BCUT2D eigenvalue weighted by atomic mass is 32.1. The highest BCUT2D eigenvalue weighted by molar-refractivity contribution is 7.71. The Morgan fingerprint density at radius 2 is 2.31 bits per heavy atom. The molecule has 13 heavy (non-hydrogen) atoms. The summed E-state index contributed by atoms with van der Waals surface area (Å²) in [6.07, 6.45) is 2.90. The molecule has 0 aliphatic carbocycles. The van der Waals surface area contributed by atoms with Crippen molar-refractivity contribution in [3.63, 3.8) is 0 Å². The van der Waals surface area contributed by atoms with Crippen molar-refractivity contribution in [1.82, 2.24) is 9.97 Å². The molecular formula is C6H7N5OS. The number of amides is 1. The van der Waals surface area contributed by atoms with Crippen molar-refractivity contribution in [2.75, 3.05) is 0 Å². The number of nitrogens with one attached hydrogen (secondary N) is 1. The van der Waals surface area contributed by atoms with Gasteiger partial charge in [-0.3, -0.25) is 4.79 Å². The minimum Gasteiger partial charge on any atom is -0.370 e. The molecule has 1 heterocycles. The van der Waals surface area contributed by atoms with Crippen LogP contribution in [0.25, 0.3) is 0 Å². The van der Waals surface area contributed by atoms with Crippen LogP contribution in [0.3, 0.4) is 0 Å². The van der Waals surface area contributed by atoms with Gasteiger partial charge < -0.3 is 16.5 Å². The second-order valence-corrected chi connectivity index (χ2v) is 2.52. The third-order valence-electron chi connectivity index (χ3n) is 1.14. The molecule has 0 unspecified atom stereocenters. The number of hydrogen-bond donors (Lipinski definition) is 3. The lowest BCUT2D eigenvalue weighted by molar-refractivity contribution is 0.0997. The lowest BCUT2D eigenvalue weighted by atomic mass is 10.4. The number of carbonyl (C=O) groups excluding carboxylic acids is 1. The largest absolute Gasteiger partial charge is 0.370 e. The topological polar surface area (TPSA) is 110 Å². The van der Waals surface area contributed by atoms with Gasteiger partial charge in [0.05, 0.1) is 0 Å². The maximum atomic E-state index is 11.2. The van der Waals surface area contributed by atoms with Crippen LogP contribution < -0.4 is 11.5 Å². The molecule has 0 fully saturated rings. The average Bonchev–Trinajstić information content (AvgIpc) is 2.03. The van der Waals surface area contributed by atoms with E-state index in [0.717, 1.165) is 0 Å². The van der Waals surface area contributed by atoms with Crippen molar-refractivity contribution in [3.05, 3.63) is 22.7 Å². The molecule has 6 nitrogen and oxygen atoms in total. The summed E-state index contributed by atoms with van der Waals surface area (Å²) in [5, 5.41) is 0.